The molecule has 2 fully saturated rings. The molecule has 0 spiro atoms. The van der Waals surface area contributed by atoms with Crippen LogP contribution < -0.4 is 5.32 Å². The minimum absolute atomic E-state index is 0.0458. The third kappa shape index (κ3) is 7.66. The second kappa shape index (κ2) is 16.2. The molecule has 4 heterocycles. The van der Waals surface area contributed by atoms with Crippen LogP contribution in [0.1, 0.15) is 90.4 Å². The van der Waals surface area contributed by atoms with E-state index in [2.05, 4.69) is 63.0 Å². The fourth-order valence-electron chi connectivity index (χ4n) is 8.25. The van der Waals surface area contributed by atoms with Gasteiger partial charge in [-0.15, -0.1) is 0 Å². The fourth-order valence-corrected chi connectivity index (χ4v) is 8.25. The Kier molecular flexibility index (Phi) is 10.7. The minimum Gasteiger partial charge on any atom is -0.453 e. The molecule has 0 bridgehead atoms. The molecule has 11 heteroatoms. The molecule has 6 aromatic rings. The molecule has 0 radical (unpaired) electrons. The Morgan fingerprint density at radius 1 is 0.786 bits per heavy atom. The first-order valence-electron chi connectivity index (χ1n) is 19.5. The maximum atomic E-state index is 13.9. The lowest BCUT2D eigenvalue weighted by molar-refractivity contribution is -0.135. The topological polar surface area (TPSA) is 136 Å². The van der Waals surface area contributed by atoms with Crippen LogP contribution in [0.4, 0.5) is 4.79 Å². The van der Waals surface area contributed by atoms with Gasteiger partial charge in [0.2, 0.25) is 11.8 Å². The molecule has 4 aromatic carbocycles. The number of rotatable bonds is 11. The summed E-state index contributed by atoms with van der Waals surface area (Å²) in [5, 5.41) is 10.5. The lowest BCUT2D eigenvalue weighted by atomic mass is 9.99. The van der Waals surface area contributed by atoms with Crippen molar-refractivity contribution in [2.75, 3.05) is 20.2 Å². The zero-order valence-electron chi connectivity index (χ0n) is 31.8. The summed E-state index contributed by atoms with van der Waals surface area (Å²) in [4.78, 5) is 52.0. The molecule has 0 saturated carbocycles. The van der Waals surface area contributed by atoms with Gasteiger partial charge in [0.15, 0.2) is 0 Å². The Morgan fingerprint density at radius 3 is 2.14 bits per heavy atom. The van der Waals surface area contributed by atoms with Crippen molar-refractivity contribution >= 4 is 28.9 Å². The van der Waals surface area contributed by atoms with E-state index in [1.54, 1.807) is 0 Å². The summed E-state index contributed by atoms with van der Waals surface area (Å²) in [5.41, 5.74) is 8.75. The Bertz CT molecular complexity index is 2300. The summed E-state index contributed by atoms with van der Waals surface area (Å²) in [7, 11) is 1.29. The molecule has 3 amide bonds. The lowest BCUT2D eigenvalue weighted by Crippen LogP contribution is -2.42. The molecule has 2 aliphatic heterocycles. The average Bonchev–Trinajstić information content (AvgIpc) is 4.08. The van der Waals surface area contributed by atoms with E-state index < -0.39 is 12.1 Å². The average molecular weight is 750 g/mol. The molecule has 8 rings (SSSR count). The summed E-state index contributed by atoms with van der Waals surface area (Å²) in [6.45, 7) is 3.32. The molecular formula is C45H47N7O4. The van der Waals surface area contributed by atoms with Crippen molar-refractivity contribution < 1.29 is 19.1 Å². The van der Waals surface area contributed by atoms with Crippen molar-refractivity contribution in [1.29, 1.82) is 0 Å². The second-order valence-electron chi connectivity index (χ2n) is 14.9. The number of likely N-dealkylation sites (tertiary alicyclic amines) is 2. The number of aromatic amines is 2. The van der Waals surface area contributed by atoms with Crippen molar-refractivity contribution in [2.45, 2.75) is 69.5 Å². The van der Waals surface area contributed by atoms with Crippen molar-refractivity contribution in [3.05, 3.63) is 143 Å². The van der Waals surface area contributed by atoms with Crippen molar-refractivity contribution in [2.24, 2.45) is 0 Å². The summed E-state index contributed by atoms with van der Waals surface area (Å²) in [6, 6.07) is 35.1. The highest BCUT2D eigenvalue weighted by molar-refractivity contribution is 5.87. The largest absolute Gasteiger partial charge is 0.453 e. The smallest absolute Gasteiger partial charge is 0.407 e. The molecular weight excluding hydrogens is 703 g/mol. The van der Waals surface area contributed by atoms with Crippen molar-refractivity contribution in [3.8, 4) is 11.3 Å². The third-order valence-corrected chi connectivity index (χ3v) is 11.4. The lowest BCUT2D eigenvalue weighted by Gasteiger charge is -2.28. The number of hydrogen-bond acceptors (Lipinski definition) is 6. The van der Waals surface area contributed by atoms with Gasteiger partial charge in [-0.25, -0.2) is 9.78 Å². The van der Waals surface area contributed by atoms with E-state index in [0.717, 1.165) is 84.4 Å². The van der Waals surface area contributed by atoms with Gasteiger partial charge < -0.3 is 24.8 Å². The number of benzene rings is 4. The number of fused-ring (bicyclic) bond motifs is 1. The van der Waals surface area contributed by atoms with E-state index in [1.165, 1.54) is 18.2 Å². The van der Waals surface area contributed by atoms with Crippen LogP contribution in [0.15, 0.2) is 109 Å². The Balaban J connectivity index is 0.900. The van der Waals surface area contributed by atoms with E-state index in [4.69, 9.17) is 9.72 Å². The molecule has 2 saturated heterocycles. The van der Waals surface area contributed by atoms with Gasteiger partial charge in [-0.2, -0.15) is 5.10 Å². The maximum absolute atomic E-state index is 13.9. The number of H-pyrrole nitrogens is 2. The van der Waals surface area contributed by atoms with E-state index in [0.29, 0.717) is 12.1 Å². The number of carbonyl (C=O) groups excluding carboxylic acids is 3. The van der Waals surface area contributed by atoms with Crippen LogP contribution in [0.2, 0.25) is 0 Å². The third-order valence-electron chi connectivity index (χ3n) is 11.4. The van der Waals surface area contributed by atoms with E-state index in [9.17, 15) is 14.4 Å². The molecule has 3 N–H and O–H groups in total. The standard InChI is InChI=1S/C45H47N7O4/c1-29(32-11-5-3-6-12-32)43(53)52-26-10-16-40(52)42-46-35-24-21-31(27-37(35)47-42)18-17-30-19-22-33(23-20-30)36-28-38(50-49-36)39-15-9-25-51(39)44(54)41(48-45(55)56-2)34-13-7-4-8-14-34/h3-8,11-14,19-24,27-29,39-41H,9-10,15-18,25-26H2,1-2H3,(H,46,47)(H,48,55)(H,49,50)/t29-,39+,40+,41-/m1/s1. The molecule has 4 atom stereocenters. The Morgan fingerprint density at radius 2 is 1.43 bits per heavy atom. The van der Waals surface area contributed by atoms with Gasteiger partial charge in [-0.1, -0.05) is 91.0 Å². The summed E-state index contributed by atoms with van der Waals surface area (Å²) in [6.07, 6.45) is 4.60. The molecule has 11 nitrogen and oxygen atoms in total. The summed E-state index contributed by atoms with van der Waals surface area (Å²) >= 11 is 0. The normalized spacial score (nSPS) is 17.9. The monoisotopic (exact) mass is 749 g/mol. The number of amides is 3. The number of methoxy groups -OCH3 is 1. The predicted octanol–water partition coefficient (Wildman–Crippen LogP) is 7.97. The van der Waals surface area contributed by atoms with E-state index in [-0.39, 0.29) is 29.8 Å². The van der Waals surface area contributed by atoms with Gasteiger partial charge in [-0.3, -0.25) is 14.7 Å². The molecule has 0 aliphatic carbocycles. The van der Waals surface area contributed by atoms with Crippen molar-refractivity contribution in [3.63, 3.8) is 0 Å². The number of aromatic nitrogens is 4. The number of carbonyl (C=O) groups is 3. The first-order chi connectivity index (χ1) is 27.4. The first kappa shape index (κ1) is 36.7. The molecule has 56 heavy (non-hydrogen) atoms. The predicted molar refractivity (Wildman–Crippen MR) is 214 cm³/mol. The highest BCUT2D eigenvalue weighted by Gasteiger charge is 2.37. The van der Waals surface area contributed by atoms with Crippen LogP contribution in [-0.2, 0) is 27.2 Å². The van der Waals surface area contributed by atoms with Crippen LogP contribution >= 0.6 is 0 Å². The van der Waals surface area contributed by atoms with Gasteiger partial charge in [0.1, 0.15) is 11.9 Å². The van der Waals surface area contributed by atoms with Gasteiger partial charge in [0.25, 0.3) is 0 Å². The van der Waals surface area contributed by atoms with Crippen LogP contribution in [0, 0.1) is 0 Å². The number of aryl methyl sites for hydroxylation is 2. The number of nitrogens with zero attached hydrogens (tertiary/aromatic N) is 4. The van der Waals surface area contributed by atoms with Crippen LogP contribution in [0.3, 0.4) is 0 Å². The number of alkyl carbamates (subject to hydrolysis) is 1. The Hall–Kier alpha value is -6.23. The van der Waals surface area contributed by atoms with Crippen LogP contribution in [-0.4, -0.2) is 68.1 Å². The maximum Gasteiger partial charge on any atom is 0.407 e. The number of hydrogen-bond donors (Lipinski definition) is 3. The highest BCUT2D eigenvalue weighted by atomic mass is 16.5. The molecule has 286 valence electrons. The van der Waals surface area contributed by atoms with Gasteiger partial charge >= 0.3 is 6.09 Å². The highest BCUT2D eigenvalue weighted by Crippen LogP contribution is 2.36. The molecule has 2 aromatic heterocycles. The molecule has 0 unspecified atom stereocenters. The quantitative estimate of drug-likeness (QED) is 0.123. The SMILES string of the molecule is COC(=O)N[C@@H](C(=O)N1CCC[C@H]1c1cc(-c2ccc(CCc3ccc4[nH]c([C@@H]5CCCN5C(=O)[C@H](C)c5ccccc5)nc4c3)cc2)n[nH]1)c1ccccc1. The Labute approximate surface area is 326 Å². The van der Waals surface area contributed by atoms with Gasteiger partial charge in [0.05, 0.1) is 47.5 Å². The number of imidazole rings is 1. The number of nitrogens with one attached hydrogen (secondary N) is 3. The second-order valence-corrected chi connectivity index (χ2v) is 14.9. The zero-order chi connectivity index (χ0) is 38.6. The van der Waals surface area contributed by atoms with Gasteiger partial charge in [0, 0.05) is 18.7 Å². The van der Waals surface area contributed by atoms with Crippen LogP contribution in [0.25, 0.3) is 22.3 Å². The minimum atomic E-state index is -0.855. The van der Waals surface area contributed by atoms with Crippen LogP contribution in [0.5, 0.6) is 0 Å². The number of ether oxygens (including phenoxy) is 1. The van der Waals surface area contributed by atoms with E-state index >= 15 is 0 Å². The van der Waals surface area contributed by atoms with E-state index in [1.807, 2.05) is 83.5 Å². The van der Waals surface area contributed by atoms with Gasteiger partial charge in [-0.05, 0) is 85.9 Å². The summed E-state index contributed by atoms with van der Waals surface area (Å²) in [5.74, 6) is 0.628. The molecule has 2 aliphatic rings. The first-order valence-corrected chi connectivity index (χ1v) is 19.5. The van der Waals surface area contributed by atoms with Crippen molar-refractivity contribution in [1.82, 2.24) is 35.3 Å². The summed E-state index contributed by atoms with van der Waals surface area (Å²) < 4.78 is 4.83. The zero-order valence-corrected chi connectivity index (χ0v) is 31.8. The fraction of sp³-hybridized carbons (Fsp3) is 0.311.